The molecule has 1 N–H and O–H groups in total. The van der Waals surface area contributed by atoms with Gasteiger partial charge in [-0.15, -0.1) is 0 Å². The first-order chi connectivity index (χ1) is 8.16. The van der Waals surface area contributed by atoms with Gasteiger partial charge in [0.1, 0.15) is 5.97 Å². The summed E-state index contributed by atoms with van der Waals surface area (Å²) in [5.41, 5.74) is 0. The van der Waals surface area contributed by atoms with E-state index in [4.69, 9.17) is 0 Å². The minimum Gasteiger partial charge on any atom is -0.543 e. The Labute approximate surface area is 105 Å². The molecule has 2 unspecified atom stereocenters. The van der Waals surface area contributed by atoms with Crippen molar-refractivity contribution in [1.29, 1.82) is 0 Å². The van der Waals surface area contributed by atoms with Gasteiger partial charge in [0, 0.05) is 6.54 Å². The van der Waals surface area contributed by atoms with Crippen molar-refractivity contribution in [1.82, 2.24) is 4.90 Å². The molecule has 0 bridgehead atoms. The number of carboxylic acids is 1. The lowest BCUT2D eigenvalue weighted by molar-refractivity contribution is -0.891. The molecule has 1 heterocycles. The molecule has 1 aliphatic rings. The molecule has 1 saturated heterocycles. The van der Waals surface area contributed by atoms with Gasteiger partial charge in [0.15, 0.2) is 6.17 Å². The quantitative estimate of drug-likeness (QED) is 0.570. The van der Waals surface area contributed by atoms with Gasteiger partial charge in [-0.25, -0.2) is 4.90 Å². The molecule has 1 aliphatic heterocycles. The smallest absolute Gasteiger partial charge is 0.184 e. The number of nitrogens with one attached hydrogen (secondary N) is 1. The molecule has 17 heavy (non-hydrogen) atoms. The third-order valence-corrected chi connectivity index (χ3v) is 3.65. The van der Waals surface area contributed by atoms with Crippen LogP contribution < -0.4 is 10.0 Å². The van der Waals surface area contributed by atoms with Crippen LogP contribution in [-0.4, -0.2) is 43.7 Å². The van der Waals surface area contributed by atoms with Crippen molar-refractivity contribution in [2.75, 3.05) is 26.7 Å². The summed E-state index contributed by atoms with van der Waals surface area (Å²) in [6.07, 6.45) is 7.08. The monoisotopic (exact) mass is 242 g/mol. The van der Waals surface area contributed by atoms with Crippen LogP contribution in [0, 0.1) is 0 Å². The Bertz CT molecular complexity index is 233. The predicted molar refractivity (Wildman–Crippen MR) is 65.5 cm³/mol. The van der Waals surface area contributed by atoms with Crippen LogP contribution in [0.1, 0.15) is 45.4 Å². The topological polar surface area (TPSA) is 47.8 Å². The summed E-state index contributed by atoms with van der Waals surface area (Å²) in [5.74, 6) is -0.925. The molecule has 0 aliphatic carbocycles. The fourth-order valence-electron chi connectivity index (χ4n) is 2.58. The lowest BCUT2D eigenvalue weighted by Gasteiger charge is -2.25. The molecular weight excluding hydrogens is 216 g/mol. The molecule has 1 fully saturated rings. The van der Waals surface area contributed by atoms with Crippen LogP contribution in [0.4, 0.5) is 0 Å². The summed E-state index contributed by atoms with van der Waals surface area (Å²) >= 11 is 0. The molecule has 100 valence electrons. The van der Waals surface area contributed by atoms with Crippen LogP contribution in [0.25, 0.3) is 0 Å². The first-order valence-electron chi connectivity index (χ1n) is 6.94. The lowest BCUT2D eigenvalue weighted by Crippen LogP contribution is -3.13. The van der Waals surface area contributed by atoms with E-state index in [0.717, 1.165) is 31.0 Å². The minimum absolute atomic E-state index is 0.425. The Morgan fingerprint density at radius 3 is 2.59 bits per heavy atom. The largest absolute Gasteiger partial charge is 0.543 e. The van der Waals surface area contributed by atoms with Gasteiger partial charge in [-0.2, -0.15) is 0 Å². The Morgan fingerprint density at radius 2 is 1.94 bits per heavy atom. The van der Waals surface area contributed by atoms with E-state index in [9.17, 15) is 9.90 Å². The number of aliphatic carboxylic acids is 1. The summed E-state index contributed by atoms with van der Waals surface area (Å²) in [6.45, 7) is 4.92. The van der Waals surface area contributed by atoms with E-state index in [1.54, 1.807) is 0 Å². The van der Waals surface area contributed by atoms with Crippen LogP contribution in [0.3, 0.4) is 0 Å². The van der Waals surface area contributed by atoms with Gasteiger partial charge in [0.25, 0.3) is 0 Å². The first-order valence-corrected chi connectivity index (χ1v) is 6.94. The molecule has 2 atom stereocenters. The lowest BCUT2D eigenvalue weighted by atomic mass is 10.1. The van der Waals surface area contributed by atoms with Crippen LogP contribution in [0.15, 0.2) is 0 Å². The average molecular weight is 242 g/mol. The molecule has 0 spiro atoms. The van der Waals surface area contributed by atoms with E-state index < -0.39 is 12.1 Å². The van der Waals surface area contributed by atoms with Gasteiger partial charge >= 0.3 is 0 Å². The Kier molecular flexibility index (Phi) is 6.52. The van der Waals surface area contributed by atoms with Crippen molar-refractivity contribution in [3.05, 3.63) is 0 Å². The number of hydrogen-bond acceptors (Lipinski definition) is 3. The normalized spacial score (nSPS) is 25.3. The number of unbranched alkanes of at least 4 members (excludes halogenated alkanes) is 5. The Balaban J connectivity index is 2.16. The second-order valence-corrected chi connectivity index (χ2v) is 5.12. The van der Waals surface area contributed by atoms with Crippen molar-refractivity contribution in [2.24, 2.45) is 0 Å². The zero-order chi connectivity index (χ0) is 12.7. The van der Waals surface area contributed by atoms with Crippen molar-refractivity contribution in [2.45, 2.75) is 51.6 Å². The van der Waals surface area contributed by atoms with Crippen LogP contribution >= 0.6 is 0 Å². The molecule has 1 rings (SSSR count). The highest BCUT2D eigenvalue weighted by atomic mass is 16.4. The molecule has 0 aromatic rings. The van der Waals surface area contributed by atoms with Crippen LogP contribution in [0.2, 0.25) is 0 Å². The van der Waals surface area contributed by atoms with E-state index in [2.05, 4.69) is 11.8 Å². The van der Waals surface area contributed by atoms with Gasteiger partial charge in [-0.05, 0) is 6.42 Å². The fourth-order valence-corrected chi connectivity index (χ4v) is 2.58. The molecule has 0 aromatic carbocycles. The SMILES string of the molecule is CCCCCCCCN1CC[NH+](C)C1C(=O)[O-]. The summed E-state index contributed by atoms with van der Waals surface area (Å²) in [6, 6.07) is 0. The van der Waals surface area contributed by atoms with E-state index >= 15 is 0 Å². The van der Waals surface area contributed by atoms with Gasteiger partial charge in [-0.3, -0.25) is 0 Å². The van der Waals surface area contributed by atoms with Crippen molar-refractivity contribution >= 4 is 5.97 Å². The molecule has 0 aromatic heterocycles. The highest BCUT2D eigenvalue weighted by Gasteiger charge is 2.33. The predicted octanol–water partition coefficient (Wildman–Crippen LogP) is -0.747. The number of carboxylic acid groups (broad SMARTS) is 1. The zero-order valence-corrected chi connectivity index (χ0v) is 11.2. The number of carbonyl (C=O) groups is 1. The Hall–Kier alpha value is -0.610. The number of quaternary nitrogens is 1. The van der Waals surface area contributed by atoms with Crippen LogP contribution in [0.5, 0.6) is 0 Å². The summed E-state index contributed by atoms with van der Waals surface area (Å²) in [4.78, 5) is 14.1. The van der Waals surface area contributed by atoms with Gasteiger partial charge < -0.3 is 14.8 Å². The molecule has 4 nitrogen and oxygen atoms in total. The maximum absolute atomic E-state index is 11.0. The number of hydrogen-bond donors (Lipinski definition) is 1. The second-order valence-electron chi connectivity index (χ2n) is 5.12. The maximum atomic E-state index is 11.0. The third-order valence-electron chi connectivity index (χ3n) is 3.65. The van der Waals surface area contributed by atoms with E-state index in [-0.39, 0.29) is 0 Å². The van der Waals surface area contributed by atoms with E-state index in [1.807, 2.05) is 7.05 Å². The summed E-state index contributed by atoms with van der Waals surface area (Å²) in [5, 5.41) is 11.0. The number of carbonyl (C=O) groups excluding carboxylic acids is 1. The number of likely N-dealkylation sites (N-methyl/N-ethyl adjacent to an activating group) is 1. The molecule has 0 saturated carbocycles. The van der Waals surface area contributed by atoms with Gasteiger partial charge in [0.2, 0.25) is 0 Å². The highest BCUT2D eigenvalue weighted by molar-refractivity contribution is 5.69. The maximum Gasteiger partial charge on any atom is 0.184 e. The fraction of sp³-hybridized carbons (Fsp3) is 0.923. The van der Waals surface area contributed by atoms with Crippen molar-refractivity contribution < 1.29 is 14.8 Å². The molecule has 0 radical (unpaired) electrons. The Morgan fingerprint density at radius 1 is 1.29 bits per heavy atom. The van der Waals surface area contributed by atoms with Crippen molar-refractivity contribution in [3.8, 4) is 0 Å². The average Bonchev–Trinajstić information content (AvgIpc) is 2.65. The van der Waals surface area contributed by atoms with E-state index in [0.29, 0.717) is 0 Å². The number of rotatable bonds is 8. The van der Waals surface area contributed by atoms with Gasteiger partial charge in [-0.1, -0.05) is 39.0 Å². The standard InChI is InChI=1S/C13H26N2O2/c1-3-4-5-6-7-8-9-15-11-10-14(2)12(15)13(16)17/h12H,3-11H2,1-2H3,(H,16,17). The minimum atomic E-state index is -0.925. The summed E-state index contributed by atoms with van der Waals surface area (Å²) in [7, 11) is 1.93. The highest BCUT2D eigenvalue weighted by Crippen LogP contribution is 2.07. The molecule has 4 heteroatoms. The zero-order valence-electron chi connectivity index (χ0n) is 11.2. The molecular formula is C13H26N2O2. The first kappa shape index (κ1) is 14.5. The molecule has 0 amide bonds. The summed E-state index contributed by atoms with van der Waals surface area (Å²) < 4.78 is 0. The van der Waals surface area contributed by atoms with Crippen LogP contribution in [-0.2, 0) is 4.79 Å². The third kappa shape index (κ3) is 4.64. The second kappa shape index (κ2) is 7.67. The van der Waals surface area contributed by atoms with Gasteiger partial charge in [0.05, 0.1) is 20.1 Å². The van der Waals surface area contributed by atoms with E-state index in [1.165, 1.54) is 32.1 Å². The van der Waals surface area contributed by atoms with Crippen molar-refractivity contribution in [3.63, 3.8) is 0 Å². The number of nitrogens with zero attached hydrogens (tertiary/aromatic N) is 1.